The fraction of sp³-hybridized carbons (Fsp3) is 0.359. The largest absolute Gasteiger partial charge is 0.398 e. The Morgan fingerprint density at radius 1 is 0.734 bits per heavy atom. The number of hydrogen-bond donors (Lipinski definition) is 12. The van der Waals surface area contributed by atoms with E-state index in [2.05, 4.69) is 36.9 Å². The second-order valence-electron chi connectivity index (χ2n) is 14.2. The van der Waals surface area contributed by atoms with Crippen molar-refractivity contribution in [2.45, 2.75) is 62.8 Å². The lowest BCUT2D eigenvalue weighted by molar-refractivity contribution is -0.393. The lowest BCUT2D eigenvalue weighted by atomic mass is 10.0. The highest BCUT2D eigenvalue weighted by molar-refractivity contribution is 5.99. The van der Waals surface area contributed by atoms with E-state index in [1.54, 1.807) is 48.5 Å². The Labute approximate surface area is 365 Å². The summed E-state index contributed by atoms with van der Waals surface area (Å²) in [4.78, 5) is 102. The van der Waals surface area contributed by atoms with Crippen molar-refractivity contribution in [2.24, 2.45) is 27.9 Å². The van der Waals surface area contributed by atoms with Crippen LogP contribution in [0.15, 0.2) is 71.7 Å². The number of para-hydroxylation sites is 1. The Morgan fingerprint density at radius 3 is 1.97 bits per heavy atom. The van der Waals surface area contributed by atoms with Crippen LogP contribution in [0.1, 0.15) is 47.2 Å². The van der Waals surface area contributed by atoms with Crippen LogP contribution in [0.25, 0.3) is 0 Å². The molecule has 4 unspecified atom stereocenters. The highest BCUT2D eigenvalue weighted by Gasteiger charge is 2.30. The summed E-state index contributed by atoms with van der Waals surface area (Å²) >= 11 is 0. The van der Waals surface area contributed by atoms with Gasteiger partial charge in [0.25, 0.3) is 17.3 Å². The Bertz CT molecular complexity index is 2180. The number of aliphatic hydroxyl groups is 1. The van der Waals surface area contributed by atoms with Crippen LogP contribution in [-0.4, -0.2) is 107 Å². The molecule has 4 atom stereocenters. The topological polar surface area (TPSA) is 424 Å². The molecule has 344 valence electrons. The van der Waals surface area contributed by atoms with Crippen molar-refractivity contribution >= 4 is 64.2 Å². The molecule has 6 amide bonds. The number of carbonyl (C=O) groups excluding carboxylic acids is 6. The van der Waals surface area contributed by atoms with E-state index in [1.165, 1.54) is 0 Å². The lowest BCUT2D eigenvalue weighted by Crippen LogP contribution is -2.58. The molecule has 0 aliphatic rings. The van der Waals surface area contributed by atoms with Crippen molar-refractivity contribution < 1.29 is 43.7 Å². The van der Waals surface area contributed by atoms with Crippen molar-refractivity contribution in [3.05, 3.63) is 104 Å². The van der Waals surface area contributed by atoms with E-state index < -0.39 is 81.5 Å². The molecule has 0 fully saturated rings. The third kappa shape index (κ3) is 16.5. The van der Waals surface area contributed by atoms with Gasteiger partial charge in [0.05, 0.1) is 34.1 Å². The predicted octanol–water partition coefficient (Wildman–Crippen LogP) is -2.12. The second-order valence-corrected chi connectivity index (χ2v) is 14.2. The van der Waals surface area contributed by atoms with E-state index in [0.29, 0.717) is 16.8 Å². The first kappa shape index (κ1) is 50.4. The Balaban J connectivity index is 1.63. The molecule has 3 aromatic carbocycles. The average molecular weight is 893 g/mol. The Hall–Kier alpha value is -7.93. The minimum atomic E-state index is -1.58. The summed E-state index contributed by atoms with van der Waals surface area (Å²) in [6.07, 6.45) is -0.584. The molecule has 25 nitrogen and oxygen atoms in total. The van der Waals surface area contributed by atoms with Gasteiger partial charge >= 0.3 is 0 Å². The number of non-ortho nitro benzene ring substituents is 1. The van der Waals surface area contributed by atoms with Crippen LogP contribution in [0.2, 0.25) is 0 Å². The molecule has 0 radical (unpaired) electrons. The summed E-state index contributed by atoms with van der Waals surface area (Å²) in [5.41, 5.74) is 29.0. The number of nitrogens with two attached hydrogens (primary N) is 5. The number of nitro benzene ring substituents is 2. The zero-order valence-electron chi connectivity index (χ0n) is 34.5. The van der Waals surface area contributed by atoms with E-state index in [4.69, 9.17) is 28.7 Å². The van der Waals surface area contributed by atoms with Gasteiger partial charge in [-0.3, -0.25) is 54.0 Å². The number of carbonyl (C=O) groups is 6. The van der Waals surface area contributed by atoms with Crippen LogP contribution in [0.3, 0.4) is 0 Å². The van der Waals surface area contributed by atoms with Crippen LogP contribution >= 0.6 is 0 Å². The first-order valence-corrected chi connectivity index (χ1v) is 19.7. The summed E-state index contributed by atoms with van der Waals surface area (Å²) in [5.74, 6) is -4.89. The van der Waals surface area contributed by atoms with Gasteiger partial charge in [0.2, 0.25) is 29.5 Å². The maximum absolute atomic E-state index is 13.7. The number of amides is 6. The maximum atomic E-state index is 13.7. The molecule has 0 aromatic heterocycles. The van der Waals surface area contributed by atoms with E-state index in [-0.39, 0.29) is 75.8 Å². The first-order chi connectivity index (χ1) is 30.4. The summed E-state index contributed by atoms with van der Waals surface area (Å²) in [5, 5.41) is 47.9. The van der Waals surface area contributed by atoms with Crippen LogP contribution < -0.4 is 60.6 Å². The molecule has 3 rings (SSSR count). The monoisotopic (exact) mass is 892 g/mol. The normalized spacial score (nSPS) is 12.5. The van der Waals surface area contributed by atoms with Gasteiger partial charge in [0.15, 0.2) is 5.96 Å². The molecule has 0 spiro atoms. The van der Waals surface area contributed by atoms with Crippen LogP contribution in [0, 0.1) is 20.2 Å². The predicted molar refractivity (Wildman–Crippen MR) is 233 cm³/mol. The molecule has 0 heterocycles. The fourth-order valence-electron chi connectivity index (χ4n) is 5.91. The van der Waals surface area contributed by atoms with Gasteiger partial charge in [-0.25, -0.2) is 0 Å². The van der Waals surface area contributed by atoms with Gasteiger partial charge in [0, 0.05) is 44.4 Å². The molecule has 0 bridgehead atoms. The van der Waals surface area contributed by atoms with Gasteiger partial charge in [-0.05, 0) is 55.0 Å². The first-order valence-electron chi connectivity index (χ1n) is 19.7. The third-order valence-corrected chi connectivity index (χ3v) is 9.31. The zero-order valence-corrected chi connectivity index (χ0v) is 34.5. The van der Waals surface area contributed by atoms with E-state index >= 15 is 0 Å². The number of aliphatic imine (C=N–C) groups is 1. The number of nitrogen functional groups attached to an aromatic ring is 1. The van der Waals surface area contributed by atoms with Crippen LogP contribution in [0.4, 0.5) is 22.7 Å². The van der Waals surface area contributed by atoms with Gasteiger partial charge < -0.3 is 65.7 Å². The number of nitrogens with one attached hydrogen (secondary N) is 6. The van der Waals surface area contributed by atoms with Crippen molar-refractivity contribution in [1.82, 2.24) is 26.6 Å². The number of rotatable bonds is 26. The highest BCUT2D eigenvalue weighted by Crippen LogP contribution is 2.28. The third-order valence-electron chi connectivity index (χ3n) is 9.31. The van der Waals surface area contributed by atoms with Crippen molar-refractivity contribution in [1.29, 1.82) is 0 Å². The number of hydrogen-bond acceptors (Lipinski definition) is 15. The molecule has 17 N–H and O–H groups in total. The second kappa shape index (κ2) is 25.1. The Morgan fingerprint density at radius 2 is 1.36 bits per heavy atom. The molecular formula is C39H52N14O11. The lowest BCUT2D eigenvalue weighted by Gasteiger charge is -2.25. The van der Waals surface area contributed by atoms with E-state index in [0.717, 1.165) is 23.8 Å². The standard InChI is InChI=1S/C39H52N14O11/c40-26-5-2-1-4-25(26)34(56)48-20-23-9-7-22(8-10-23)18-27(41)35(57)51-31(21-54)38(60)49-29(6-3-15-47-39(43)44)37(59)50-30(13-14-33(42)55)36(58)46-17-16-45-28-12-11-24(52(61)62)19-32(28)53(63)64/h1-2,4-5,7-12,19,27,29-31,45,54H,3,6,13-18,20-21,40-41H2,(H2,42,55)(H,46,58)(H,48,56)(H,49,60)(H,50,59)(H,51,57)(H4,43,44,47). The number of anilines is 2. The molecular weight excluding hydrogens is 841 g/mol. The minimum absolute atomic E-state index is 0.0242. The molecule has 0 saturated carbocycles. The molecule has 0 aliphatic heterocycles. The smallest absolute Gasteiger partial charge is 0.299 e. The molecule has 3 aromatic rings. The Kier molecular flexibility index (Phi) is 19.8. The van der Waals surface area contributed by atoms with Gasteiger partial charge in [-0.1, -0.05) is 36.4 Å². The molecule has 0 saturated heterocycles. The van der Waals surface area contributed by atoms with Gasteiger partial charge in [0.1, 0.15) is 23.8 Å². The van der Waals surface area contributed by atoms with Crippen LogP contribution in [0.5, 0.6) is 0 Å². The molecule has 0 aliphatic carbocycles. The average Bonchev–Trinajstić information content (AvgIpc) is 3.25. The fourth-order valence-corrected chi connectivity index (χ4v) is 5.91. The quantitative estimate of drug-likeness (QED) is 0.0102. The maximum Gasteiger partial charge on any atom is 0.299 e. The summed E-state index contributed by atoms with van der Waals surface area (Å²) in [6, 6.07) is 10.9. The number of guanidine groups is 1. The molecule has 64 heavy (non-hydrogen) atoms. The number of primary amides is 1. The van der Waals surface area contributed by atoms with Crippen molar-refractivity contribution in [3.8, 4) is 0 Å². The van der Waals surface area contributed by atoms with Crippen LogP contribution in [-0.2, 0) is 36.9 Å². The highest BCUT2D eigenvalue weighted by atomic mass is 16.6. The van der Waals surface area contributed by atoms with Crippen molar-refractivity contribution in [2.75, 3.05) is 37.3 Å². The molecule has 25 heteroatoms. The van der Waals surface area contributed by atoms with Crippen molar-refractivity contribution in [3.63, 3.8) is 0 Å². The number of nitro groups is 2. The number of nitrogens with zero attached hydrogens (tertiary/aromatic N) is 3. The number of benzene rings is 3. The van der Waals surface area contributed by atoms with Gasteiger partial charge in [-0.2, -0.15) is 0 Å². The van der Waals surface area contributed by atoms with Gasteiger partial charge in [-0.15, -0.1) is 0 Å². The van der Waals surface area contributed by atoms with E-state index in [9.17, 15) is 54.1 Å². The summed E-state index contributed by atoms with van der Waals surface area (Å²) in [6.45, 7) is -0.959. The van der Waals surface area contributed by atoms with E-state index in [1.807, 2.05) is 0 Å². The minimum Gasteiger partial charge on any atom is -0.398 e. The zero-order chi connectivity index (χ0) is 47.3. The summed E-state index contributed by atoms with van der Waals surface area (Å²) in [7, 11) is 0. The SMILES string of the molecule is NC(=O)CCC(NC(=O)C(CCCN=C(N)N)NC(=O)C(CO)NC(=O)C(N)Cc1ccc(CNC(=O)c2ccccc2N)cc1)C(=O)NCCNc1ccc([N+](=O)[O-])cc1[N+](=O)[O-]. The number of aliphatic hydroxyl groups excluding tert-OH is 1. The summed E-state index contributed by atoms with van der Waals surface area (Å²) < 4.78 is 0.